The van der Waals surface area contributed by atoms with Crippen molar-refractivity contribution < 1.29 is 4.79 Å². The van der Waals surface area contributed by atoms with E-state index in [1.165, 1.54) is 0 Å². The molecule has 1 aliphatic heterocycles. The lowest BCUT2D eigenvalue weighted by atomic mass is 10.1. The number of imidazole rings is 1. The summed E-state index contributed by atoms with van der Waals surface area (Å²) < 4.78 is 0. The molecule has 0 radical (unpaired) electrons. The van der Waals surface area contributed by atoms with Crippen molar-refractivity contribution in [2.75, 3.05) is 26.2 Å². The average molecular weight is 313 g/mol. The van der Waals surface area contributed by atoms with E-state index < -0.39 is 0 Å². The molecule has 1 fully saturated rings. The first kappa shape index (κ1) is 15.7. The number of nitrogens with one attached hydrogen (secondary N) is 1. The Morgan fingerprint density at radius 1 is 1.30 bits per heavy atom. The van der Waals surface area contributed by atoms with Crippen LogP contribution in [0.5, 0.6) is 0 Å². The zero-order valence-corrected chi connectivity index (χ0v) is 13.5. The fraction of sp³-hybridized carbons (Fsp3) is 0.471. The van der Waals surface area contributed by atoms with Gasteiger partial charge in [0.2, 0.25) is 5.91 Å². The van der Waals surface area contributed by atoms with Gasteiger partial charge in [-0.05, 0) is 30.7 Å². The number of nitrogens with zero attached hydrogens (tertiary/aromatic N) is 4. The molecular formula is C17H23N5O. The number of piperazine rings is 1. The molecule has 0 bridgehead atoms. The van der Waals surface area contributed by atoms with Gasteiger partial charge in [-0.15, -0.1) is 0 Å². The van der Waals surface area contributed by atoms with Crippen LogP contribution in [0.3, 0.4) is 0 Å². The predicted molar refractivity (Wildman–Crippen MR) is 87.7 cm³/mol. The van der Waals surface area contributed by atoms with Crippen LogP contribution in [0, 0.1) is 0 Å². The van der Waals surface area contributed by atoms with Crippen LogP contribution in [0.1, 0.15) is 30.8 Å². The summed E-state index contributed by atoms with van der Waals surface area (Å²) in [6.45, 7) is 5.50. The highest BCUT2D eigenvalue weighted by molar-refractivity contribution is 5.76. The van der Waals surface area contributed by atoms with Crippen LogP contribution in [-0.2, 0) is 11.2 Å². The Morgan fingerprint density at radius 2 is 2.13 bits per heavy atom. The summed E-state index contributed by atoms with van der Waals surface area (Å²) in [5.74, 6) is 1.16. The third-order valence-corrected chi connectivity index (χ3v) is 4.46. The molecule has 3 rings (SSSR count). The Kier molecular flexibility index (Phi) is 5.02. The number of H-pyrrole nitrogens is 1. The van der Waals surface area contributed by atoms with Gasteiger partial charge in [-0.1, -0.05) is 6.92 Å². The van der Waals surface area contributed by atoms with Crippen LogP contribution in [-0.4, -0.2) is 56.8 Å². The van der Waals surface area contributed by atoms with Crippen molar-refractivity contribution in [1.29, 1.82) is 0 Å². The van der Waals surface area contributed by atoms with Gasteiger partial charge in [0.1, 0.15) is 5.82 Å². The molecule has 1 saturated heterocycles. The maximum absolute atomic E-state index is 12.5. The molecule has 122 valence electrons. The normalized spacial score (nSPS) is 19.0. The number of pyridine rings is 1. The predicted octanol–water partition coefficient (Wildman–Crippen LogP) is 1.64. The highest BCUT2D eigenvalue weighted by atomic mass is 16.2. The van der Waals surface area contributed by atoms with Crippen molar-refractivity contribution in [2.24, 2.45) is 0 Å². The van der Waals surface area contributed by atoms with Gasteiger partial charge in [-0.3, -0.25) is 14.7 Å². The number of aryl methyl sites for hydroxylation is 1. The second-order valence-electron chi connectivity index (χ2n) is 5.81. The van der Waals surface area contributed by atoms with Crippen LogP contribution in [0.25, 0.3) is 0 Å². The number of aromatic amines is 1. The first-order chi connectivity index (χ1) is 11.3. The van der Waals surface area contributed by atoms with E-state index in [0.29, 0.717) is 13.0 Å². The Bertz CT molecular complexity index is 613. The van der Waals surface area contributed by atoms with Crippen molar-refractivity contribution in [1.82, 2.24) is 24.8 Å². The number of aromatic nitrogens is 3. The van der Waals surface area contributed by atoms with E-state index in [2.05, 4.69) is 26.8 Å². The number of amides is 1. The molecule has 0 saturated carbocycles. The number of likely N-dealkylation sites (N-methyl/N-ethyl adjacent to an activating group) is 1. The molecule has 2 aromatic heterocycles. The van der Waals surface area contributed by atoms with E-state index in [1.807, 2.05) is 23.2 Å². The van der Waals surface area contributed by atoms with E-state index >= 15 is 0 Å². The molecule has 23 heavy (non-hydrogen) atoms. The third kappa shape index (κ3) is 3.76. The number of carbonyl (C=O) groups excluding carboxylic acids is 1. The number of hydrogen-bond donors (Lipinski definition) is 1. The van der Waals surface area contributed by atoms with E-state index in [1.54, 1.807) is 18.6 Å². The van der Waals surface area contributed by atoms with E-state index in [9.17, 15) is 4.79 Å². The SMILES string of the molecule is CCN1CCN(C(=O)CCc2ccncc2)C[C@H]1c1ncc[nH]1. The second-order valence-corrected chi connectivity index (χ2v) is 5.81. The summed E-state index contributed by atoms with van der Waals surface area (Å²) in [4.78, 5) is 28.5. The molecule has 1 aliphatic rings. The number of carbonyl (C=O) groups is 1. The van der Waals surface area contributed by atoms with Crippen LogP contribution >= 0.6 is 0 Å². The van der Waals surface area contributed by atoms with Crippen molar-refractivity contribution >= 4 is 5.91 Å². The molecule has 0 unspecified atom stereocenters. The minimum Gasteiger partial charge on any atom is -0.347 e. The first-order valence-electron chi connectivity index (χ1n) is 8.18. The Balaban J connectivity index is 1.60. The molecule has 6 nitrogen and oxygen atoms in total. The molecule has 1 amide bonds. The minimum atomic E-state index is 0.161. The molecule has 0 aliphatic carbocycles. The van der Waals surface area contributed by atoms with Gasteiger partial charge >= 0.3 is 0 Å². The van der Waals surface area contributed by atoms with Crippen LogP contribution in [0.4, 0.5) is 0 Å². The maximum atomic E-state index is 12.5. The average Bonchev–Trinajstić information content (AvgIpc) is 3.14. The lowest BCUT2D eigenvalue weighted by Crippen LogP contribution is -2.50. The summed E-state index contributed by atoms with van der Waals surface area (Å²) in [7, 11) is 0. The summed E-state index contributed by atoms with van der Waals surface area (Å²) in [5.41, 5.74) is 1.16. The Labute approximate surface area is 136 Å². The van der Waals surface area contributed by atoms with Crippen LogP contribution in [0.2, 0.25) is 0 Å². The zero-order valence-electron chi connectivity index (χ0n) is 13.5. The highest BCUT2D eigenvalue weighted by Gasteiger charge is 2.30. The van der Waals surface area contributed by atoms with Crippen molar-refractivity contribution in [3.05, 3.63) is 48.3 Å². The number of rotatable bonds is 5. The molecule has 6 heteroatoms. The first-order valence-corrected chi connectivity index (χ1v) is 8.18. The van der Waals surface area contributed by atoms with Crippen molar-refractivity contribution in [3.63, 3.8) is 0 Å². The van der Waals surface area contributed by atoms with Gasteiger partial charge in [0.15, 0.2) is 0 Å². The van der Waals surface area contributed by atoms with Gasteiger partial charge in [0.25, 0.3) is 0 Å². The minimum absolute atomic E-state index is 0.161. The third-order valence-electron chi connectivity index (χ3n) is 4.46. The topological polar surface area (TPSA) is 65.1 Å². The van der Waals surface area contributed by atoms with E-state index in [4.69, 9.17) is 0 Å². The second kappa shape index (κ2) is 7.37. The van der Waals surface area contributed by atoms with Gasteiger partial charge in [0.05, 0.1) is 6.04 Å². The van der Waals surface area contributed by atoms with Gasteiger partial charge in [0, 0.05) is 50.8 Å². The Hall–Kier alpha value is -2.21. The number of hydrogen-bond acceptors (Lipinski definition) is 4. The molecular weight excluding hydrogens is 290 g/mol. The lowest BCUT2D eigenvalue weighted by Gasteiger charge is -2.40. The highest BCUT2D eigenvalue weighted by Crippen LogP contribution is 2.23. The van der Waals surface area contributed by atoms with Gasteiger partial charge < -0.3 is 9.88 Å². The quantitative estimate of drug-likeness (QED) is 0.911. The Morgan fingerprint density at radius 3 is 2.83 bits per heavy atom. The molecule has 2 aromatic rings. The van der Waals surface area contributed by atoms with Crippen molar-refractivity contribution in [3.8, 4) is 0 Å². The smallest absolute Gasteiger partial charge is 0.223 e. The maximum Gasteiger partial charge on any atom is 0.223 e. The largest absolute Gasteiger partial charge is 0.347 e. The van der Waals surface area contributed by atoms with E-state index in [0.717, 1.165) is 37.4 Å². The summed E-state index contributed by atoms with van der Waals surface area (Å²) >= 11 is 0. The standard InChI is InChI=1S/C17H23N5O/c1-2-21-11-12-22(13-15(21)17-19-9-10-20-17)16(23)4-3-14-5-7-18-8-6-14/h5-10,15H,2-4,11-13H2,1H3,(H,19,20)/t15-/m0/s1. The van der Waals surface area contributed by atoms with E-state index in [-0.39, 0.29) is 11.9 Å². The lowest BCUT2D eigenvalue weighted by molar-refractivity contribution is -0.134. The van der Waals surface area contributed by atoms with Crippen LogP contribution in [0.15, 0.2) is 36.9 Å². The molecule has 3 heterocycles. The van der Waals surface area contributed by atoms with Gasteiger partial charge in [-0.25, -0.2) is 4.98 Å². The summed E-state index contributed by atoms with van der Waals surface area (Å²) in [6, 6.07) is 4.09. The molecule has 0 aromatic carbocycles. The molecule has 1 atom stereocenters. The van der Waals surface area contributed by atoms with Crippen LogP contribution < -0.4 is 0 Å². The monoisotopic (exact) mass is 313 g/mol. The fourth-order valence-corrected chi connectivity index (χ4v) is 3.10. The summed E-state index contributed by atoms with van der Waals surface area (Å²) in [5, 5.41) is 0. The van der Waals surface area contributed by atoms with Gasteiger partial charge in [-0.2, -0.15) is 0 Å². The summed E-state index contributed by atoms with van der Waals surface area (Å²) in [6.07, 6.45) is 8.46. The van der Waals surface area contributed by atoms with Crippen molar-refractivity contribution in [2.45, 2.75) is 25.8 Å². The fourth-order valence-electron chi connectivity index (χ4n) is 3.10. The zero-order chi connectivity index (χ0) is 16.1. The molecule has 1 N–H and O–H groups in total. The molecule has 0 spiro atoms.